The number of ether oxygens (including phenoxy) is 2. The summed E-state index contributed by atoms with van der Waals surface area (Å²) in [4.78, 5) is 45.2. The lowest BCUT2D eigenvalue weighted by Gasteiger charge is -2.27. The third kappa shape index (κ3) is 6.95. The lowest BCUT2D eigenvalue weighted by Crippen LogP contribution is -2.36. The third-order valence-corrected chi connectivity index (χ3v) is 8.31. The van der Waals surface area contributed by atoms with Gasteiger partial charge in [0.05, 0.1) is 35.9 Å². The fourth-order valence-electron chi connectivity index (χ4n) is 6.17. The van der Waals surface area contributed by atoms with E-state index in [9.17, 15) is 9.59 Å². The molecule has 0 spiro atoms. The molecule has 2 N–H and O–H groups in total. The molecule has 2 saturated heterocycles. The smallest absolute Gasteiger partial charge is 0.410 e. The van der Waals surface area contributed by atoms with E-state index >= 15 is 0 Å². The zero-order chi connectivity index (χ0) is 32.6. The fourth-order valence-corrected chi connectivity index (χ4v) is 6.17. The van der Waals surface area contributed by atoms with Crippen LogP contribution in [0.3, 0.4) is 0 Å². The maximum absolute atomic E-state index is 12.8. The number of amides is 2. The summed E-state index contributed by atoms with van der Waals surface area (Å²) < 4.78 is 11.2. The Bertz CT molecular complexity index is 1550. The van der Waals surface area contributed by atoms with Crippen molar-refractivity contribution < 1.29 is 19.1 Å². The first-order chi connectivity index (χ1) is 21.8. The number of carbonyl (C=O) groups excluding carboxylic acids is 2. The second-order valence-electron chi connectivity index (χ2n) is 14.2. The van der Waals surface area contributed by atoms with Crippen molar-refractivity contribution in [1.82, 2.24) is 29.7 Å². The molecule has 46 heavy (non-hydrogen) atoms. The monoisotopic (exact) mass is 624 g/mol. The van der Waals surface area contributed by atoms with E-state index in [-0.39, 0.29) is 24.3 Å². The summed E-state index contributed by atoms with van der Waals surface area (Å²) in [5.74, 6) is 1.57. The van der Waals surface area contributed by atoms with Gasteiger partial charge in [-0.05, 0) is 89.5 Å². The Morgan fingerprint density at radius 3 is 1.33 bits per heavy atom. The molecular formula is C36H44N6O4. The SMILES string of the molecule is CC(C)(C)OC(=O)N1CCC[C@@H]1c1ncc(-c2ccc(-c3ccc(-c4cnc([C@@H]5CCCN5C(=O)OC(C)(C)C)[nH]4)cc3)cc2)[nH]1. The van der Waals surface area contributed by atoms with Crippen LogP contribution in [-0.4, -0.2) is 66.2 Å². The van der Waals surface area contributed by atoms with Gasteiger partial charge in [0.25, 0.3) is 0 Å². The normalized spacial score (nSPS) is 18.7. The van der Waals surface area contributed by atoms with E-state index < -0.39 is 11.2 Å². The van der Waals surface area contributed by atoms with Gasteiger partial charge in [-0.1, -0.05) is 48.5 Å². The number of hydrogen-bond donors (Lipinski definition) is 2. The molecule has 2 aromatic heterocycles. The minimum Gasteiger partial charge on any atom is -0.444 e. The van der Waals surface area contributed by atoms with Crippen LogP contribution in [0.2, 0.25) is 0 Å². The van der Waals surface area contributed by atoms with E-state index in [4.69, 9.17) is 9.47 Å². The Morgan fingerprint density at radius 1 is 0.630 bits per heavy atom. The molecule has 10 heteroatoms. The lowest BCUT2D eigenvalue weighted by atomic mass is 10.0. The van der Waals surface area contributed by atoms with Crippen LogP contribution in [0.5, 0.6) is 0 Å². The number of carbonyl (C=O) groups is 2. The van der Waals surface area contributed by atoms with E-state index in [1.807, 2.05) is 53.9 Å². The standard InChI is InChI=1S/C36H44N6O4/c1-35(2,3)45-33(43)41-19-7-9-29(41)31-37-21-27(39-31)25-15-11-23(12-16-25)24-13-17-26(18-14-24)28-22-38-32(40-28)30-10-8-20-42(30)34(44)46-36(4,5)6/h11-18,21-22,29-30H,7-10,19-20H2,1-6H3,(H,37,39)(H,38,40)/t29-,30+. The van der Waals surface area contributed by atoms with Crippen molar-refractivity contribution in [2.75, 3.05) is 13.1 Å². The van der Waals surface area contributed by atoms with Gasteiger partial charge in [0.15, 0.2) is 0 Å². The molecular weight excluding hydrogens is 580 g/mol. The number of imidazole rings is 2. The first kappa shape index (κ1) is 31.4. The number of nitrogens with zero attached hydrogens (tertiary/aromatic N) is 4. The van der Waals surface area contributed by atoms with Crippen molar-refractivity contribution in [3.63, 3.8) is 0 Å². The van der Waals surface area contributed by atoms with Crippen molar-refractivity contribution >= 4 is 12.2 Å². The van der Waals surface area contributed by atoms with E-state index in [1.54, 1.807) is 9.80 Å². The maximum Gasteiger partial charge on any atom is 0.410 e. The van der Waals surface area contributed by atoms with E-state index in [2.05, 4.69) is 68.5 Å². The molecule has 2 atom stereocenters. The van der Waals surface area contributed by atoms with Crippen molar-refractivity contribution in [1.29, 1.82) is 0 Å². The van der Waals surface area contributed by atoms with Gasteiger partial charge in [-0.3, -0.25) is 9.80 Å². The van der Waals surface area contributed by atoms with Crippen LogP contribution in [0, 0.1) is 0 Å². The highest BCUT2D eigenvalue weighted by molar-refractivity contribution is 5.72. The molecule has 10 nitrogen and oxygen atoms in total. The predicted octanol–water partition coefficient (Wildman–Crippen LogP) is 8.28. The van der Waals surface area contributed by atoms with Gasteiger partial charge in [0, 0.05) is 13.1 Å². The Kier molecular flexibility index (Phi) is 8.39. The maximum atomic E-state index is 12.8. The highest BCUT2D eigenvalue weighted by Crippen LogP contribution is 2.35. The second-order valence-corrected chi connectivity index (χ2v) is 14.2. The minimum atomic E-state index is -0.536. The zero-order valence-electron chi connectivity index (χ0n) is 27.6. The number of benzene rings is 2. The van der Waals surface area contributed by atoms with Gasteiger partial charge in [-0.2, -0.15) is 0 Å². The molecule has 2 fully saturated rings. The number of aromatic amines is 2. The van der Waals surface area contributed by atoms with Crippen LogP contribution in [-0.2, 0) is 9.47 Å². The predicted molar refractivity (Wildman–Crippen MR) is 177 cm³/mol. The number of rotatable bonds is 5. The average Bonchev–Trinajstić information content (AvgIpc) is 3.82. The van der Waals surface area contributed by atoms with Crippen molar-refractivity contribution in [3.8, 4) is 33.6 Å². The first-order valence-electron chi connectivity index (χ1n) is 16.1. The van der Waals surface area contributed by atoms with E-state index in [0.717, 1.165) is 71.0 Å². The molecule has 0 unspecified atom stereocenters. The molecule has 0 bridgehead atoms. The van der Waals surface area contributed by atoms with Gasteiger partial charge in [0.2, 0.25) is 0 Å². The van der Waals surface area contributed by atoms with Gasteiger partial charge in [-0.15, -0.1) is 0 Å². The van der Waals surface area contributed by atoms with Gasteiger partial charge >= 0.3 is 12.2 Å². The summed E-state index contributed by atoms with van der Waals surface area (Å²) in [5, 5.41) is 0. The van der Waals surface area contributed by atoms with Crippen molar-refractivity contribution in [3.05, 3.63) is 72.6 Å². The first-order valence-corrected chi connectivity index (χ1v) is 16.1. The van der Waals surface area contributed by atoms with Crippen LogP contribution < -0.4 is 0 Å². The Hall–Kier alpha value is -4.60. The summed E-state index contributed by atoms with van der Waals surface area (Å²) >= 11 is 0. The number of hydrogen-bond acceptors (Lipinski definition) is 6. The van der Waals surface area contributed by atoms with Gasteiger partial charge in [-0.25, -0.2) is 19.6 Å². The molecule has 4 aromatic rings. The van der Waals surface area contributed by atoms with Crippen molar-refractivity contribution in [2.24, 2.45) is 0 Å². The Labute approximate surface area is 270 Å². The molecule has 0 aliphatic carbocycles. The highest BCUT2D eigenvalue weighted by Gasteiger charge is 2.36. The molecule has 2 aromatic carbocycles. The Balaban J connectivity index is 1.11. The number of H-pyrrole nitrogens is 2. The topological polar surface area (TPSA) is 116 Å². The molecule has 2 aliphatic heterocycles. The third-order valence-electron chi connectivity index (χ3n) is 8.31. The Morgan fingerprint density at radius 2 is 0.978 bits per heavy atom. The minimum absolute atomic E-state index is 0.116. The molecule has 2 amide bonds. The lowest BCUT2D eigenvalue weighted by molar-refractivity contribution is 0.0208. The number of nitrogens with one attached hydrogen (secondary N) is 2. The fraction of sp³-hybridized carbons (Fsp3) is 0.444. The van der Waals surface area contributed by atoms with Gasteiger partial charge < -0.3 is 19.4 Å². The van der Waals surface area contributed by atoms with E-state index in [0.29, 0.717) is 13.1 Å². The molecule has 0 radical (unpaired) electrons. The molecule has 242 valence electrons. The zero-order valence-corrected chi connectivity index (χ0v) is 27.6. The summed E-state index contributed by atoms with van der Waals surface area (Å²) in [5.41, 5.74) is 5.01. The van der Waals surface area contributed by atoms with Crippen LogP contribution in [0.1, 0.15) is 91.0 Å². The molecule has 2 aliphatic rings. The second kappa shape index (κ2) is 12.3. The van der Waals surface area contributed by atoms with Crippen LogP contribution in [0.4, 0.5) is 9.59 Å². The average molecular weight is 625 g/mol. The van der Waals surface area contributed by atoms with Crippen LogP contribution in [0.15, 0.2) is 60.9 Å². The highest BCUT2D eigenvalue weighted by atomic mass is 16.6. The quantitative estimate of drug-likeness (QED) is 0.231. The summed E-state index contributed by atoms with van der Waals surface area (Å²) in [6.45, 7) is 12.6. The summed E-state index contributed by atoms with van der Waals surface area (Å²) in [7, 11) is 0. The van der Waals surface area contributed by atoms with Gasteiger partial charge in [0.1, 0.15) is 22.9 Å². The molecule has 0 saturated carbocycles. The van der Waals surface area contributed by atoms with Crippen molar-refractivity contribution in [2.45, 2.75) is 90.5 Å². The number of aromatic nitrogens is 4. The molecule has 6 rings (SSSR count). The van der Waals surface area contributed by atoms with Crippen LogP contribution in [0.25, 0.3) is 33.6 Å². The summed E-state index contributed by atoms with van der Waals surface area (Å²) in [6.07, 6.45) is 6.62. The van der Waals surface area contributed by atoms with E-state index in [1.165, 1.54) is 0 Å². The largest absolute Gasteiger partial charge is 0.444 e. The van der Waals surface area contributed by atoms with Crippen LogP contribution >= 0.6 is 0 Å². The number of likely N-dealkylation sites (tertiary alicyclic amines) is 2. The molecule has 4 heterocycles. The summed E-state index contributed by atoms with van der Waals surface area (Å²) in [6, 6.07) is 16.5.